The maximum Gasteiger partial charge on any atom is 0.243 e. The second kappa shape index (κ2) is 6.67. The van der Waals surface area contributed by atoms with E-state index >= 15 is 0 Å². The lowest BCUT2D eigenvalue weighted by atomic mass is 9.98. The molecule has 1 saturated heterocycles. The summed E-state index contributed by atoms with van der Waals surface area (Å²) in [5.74, 6) is -0.0832. The molecule has 2 amide bonds. The summed E-state index contributed by atoms with van der Waals surface area (Å²) in [5.41, 5.74) is 0.919. The first-order valence-electron chi connectivity index (χ1n) is 6.91. The summed E-state index contributed by atoms with van der Waals surface area (Å²) in [5, 5.41) is 3.80. The summed E-state index contributed by atoms with van der Waals surface area (Å²) >= 11 is 12.0. The Morgan fingerprint density at radius 1 is 1.33 bits per heavy atom. The monoisotopic (exact) mass is 328 g/mol. The van der Waals surface area contributed by atoms with Crippen LogP contribution in [0.2, 0.25) is 10.0 Å². The zero-order valence-electron chi connectivity index (χ0n) is 12.0. The van der Waals surface area contributed by atoms with E-state index in [1.54, 1.807) is 17.0 Å². The Balaban J connectivity index is 2.12. The molecule has 1 heterocycles. The largest absolute Gasteiger partial charge is 0.345 e. The van der Waals surface area contributed by atoms with Gasteiger partial charge in [-0.05, 0) is 30.0 Å². The molecule has 1 atom stereocenters. The Morgan fingerprint density at radius 3 is 2.67 bits per heavy atom. The van der Waals surface area contributed by atoms with Crippen molar-refractivity contribution in [2.75, 3.05) is 13.1 Å². The van der Waals surface area contributed by atoms with Gasteiger partial charge in [0.25, 0.3) is 0 Å². The van der Waals surface area contributed by atoms with Gasteiger partial charge in [-0.25, -0.2) is 0 Å². The minimum Gasteiger partial charge on any atom is -0.345 e. The molecule has 1 unspecified atom stereocenters. The first-order chi connectivity index (χ1) is 9.90. The molecule has 21 heavy (non-hydrogen) atoms. The van der Waals surface area contributed by atoms with Crippen molar-refractivity contribution >= 4 is 35.0 Å². The number of nitrogens with zero attached hydrogens (tertiary/aromatic N) is 1. The second-order valence-corrected chi connectivity index (χ2v) is 6.32. The van der Waals surface area contributed by atoms with Crippen LogP contribution in [0.3, 0.4) is 0 Å². The van der Waals surface area contributed by atoms with Crippen LogP contribution < -0.4 is 5.32 Å². The third-order valence-corrected chi connectivity index (χ3v) is 4.19. The van der Waals surface area contributed by atoms with Crippen LogP contribution in [-0.4, -0.2) is 35.8 Å². The van der Waals surface area contributed by atoms with Crippen molar-refractivity contribution < 1.29 is 9.59 Å². The maximum atomic E-state index is 12.1. The lowest BCUT2D eigenvalue weighted by molar-refractivity contribution is -0.147. The van der Waals surface area contributed by atoms with Gasteiger partial charge in [-0.15, -0.1) is 0 Å². The predicted molar refractivity (Wildman–Crippen MR) is 83.5 cm³/mol. The lowest BCUT2D eigenvalue weighted by Gasteiger charge is -2.37. The molecular formula is C15H18Cl2N2O2. The van der Waals surface area contributed by atoms with Crippen LogP contribution in [0.4, 0.5) is 0 Å². The quantitative estimate of drug-likeness (QED) is 0.923. The van der Waals surface area contributed by atoms with E-state index in [0.29, 0.717) is 23.0 Å². The van der Waals surface area contributed by atoms with E-state index in [1.807, 2.05) is 19.9 Å². The van der Waals surface area contributed by atoms with Crippen molar-refractivity contribution in [2.45, 2.75) is 26.3 Å². The van der Waals surface area contributed by atoms with E-state index in [9.17, 15) is 9.59 Å². The van der Waals surface area contributed by atoms with Crippen molar-refractivity contribution in [2.24, 2.45) is 5.92 Å². The molecule has 114 valence electrons. The van der Waals surface area contributed by atoms with Crippen molar-refractivity contribution in [3.63, 3.8) is 0 Å². The fourth-order valence-electron chi connectivity index (χ4n) is 2.56. The Bertz CT molecular complexity index is 561. The van der Waals surface area contributed by atoms with Gasteiger partial charge in [0.1, 0.15) is 6.04 Å². The minimum atomic E-state index is -0.419. The van der Waals surface area contributed by atoms with Gasteiger partial charge in [0.05, 0.1) is 6.54 Å². The summed E-state index contributed by atoms with van der Waals surface area (Å²) in [6.45, 7) is 4.41. The number of piperazine rings is 1. The Hall–Kier alpha value is -1.26. The van der Waals surface area contributed by atoms with Crippen molar-refractivity contribution in [3.05, 3.63) is 33.8 Å². The summed E-state index contributed by atoms with van der Waals surface area (Å²) in [6.07, 6.45) is 0.595. The van der Waals surface area contributed by atoms with Crippen LogP contribution in [0.25, 0.3) is 0 Å². The summed E-state index contributed by atoms with van der Waals surface area (Å²) in [7, 11) is 0. The molecule has 6 heteroatoms. The van der Waals surface area contributed by atoms with Crippen LogP contribution in [0.5, 0.6) is 0 Å². The number of benzene rings is 1. The molecule has 1 aromatic rings. The van der Waals surface area contributed by atoms with Crippen molar-refractivity contribution in [1.29, 1.82) is 0 Å². The topological polar surface area (TPSA) is 49.4 Å². The smallest absolute Gasteiger partial charge is 0.243 e. The molecule has 0 spiro atoms. The summed E-state index contributed by atoms with van der Waals surface area (Å²) in [6, 6.07) is 4.89. The molecule has 0 aliphatic carbocycles. The fourth-order valence-corrected chi connectivity index (χ4v) is 3.06. The number of halogens is 2. The number of carbonyl (C=O) groups excluding carboxylic acids is 2. The molecule has 1 aliphatic rings. The Kier molecular flexibility index (Phi) is 5.12. The maximum absolute atomic E-state index is 12.1. The Morgan fingerprint density at radius 2 is 2.05 bits per heavy atom. The molecule has 1 fully saturated rings. The number of hydrogen-bond donors (Lipinski definition) is 1. The van der Waals surface area contributed by atoms with Crippen LogP contribution in [0.15, 0.2) is 18.2 Å². The fraction of sp³-hybridized carbons (Fsp3) is 0.467. The van der Waals surface area contributed by atoms with Gasteiger partial charge in [-0.3, -0.25) is 9.59 Å². The summed E-state index contributed by atoms with van der Waals surface area (Å²) < 4.78 is 0. The lowest BCUT2D eigenvalue weighted by Crippen LogP contribution is -2.60. The molecular weight excluding hydrogens is 311 g/mol. The number of nitrogens with one attached hydrogen (secondary N) is 1. The normalized spacial score (nSPS) is 19.1. The van der Waals surface area contributed by atoms with E-state index < -0.39 is 6.04 Å². The van der Waals surface area contributed by atoms with Gasteiger partial charge in [0.15, 0.2) is 0 Å². The van der Waals surface area contributed by atoms with E-state index in [-0.39, 0.29) is 24.3 Å². The van der Waals surface area contributed by atoms with Crippen LogP contribution in [-0.2, 0) is 16.0 Å². The molecule has 0 radical (unpaired) electrons. The van der Waals surface area contributed by atoms with Gasteiger partial charge >= 0.3 is 0 Å². The van der Waals surface area contributed by atoms with Crippen LogP contribution in [0.1, 0.15) is 19.4 Å². The number of hydrogen-bond acceptors (Lipinski definition) is 2. The zero-order chi connectivity index (χ0) is 15.6. The van der Waals surface area contributed by atoms with E-state index in [0.717, 1.165) is 5.56 Å². The van der Waals surface area contributed by atoms with Gasteiger partial charge in [0.2, 0.25) is 11.8 Å². The molecule has 1 aliphatic heterocycles. The SMILES string of the molecule is CC(C)C1C(=O)NCC(=O)N1CCc1ccc(Cl)cc1Cl. The predicted octanol–water partition coefficient (Wildman–Crippen LogP) is 2.52. The standard InChI is InChI=1S/C15H18Cl2N2O2/c1-9(2)14-15(21)18-8-13(20)19(14)6-5-10-3-4-11(16)7-12(10)17/h3-4,7,9,14H,5-6,8H2,1-2H3,(H,18,21). The highest BCUT2D eigenvalue weighted by Gasteiger charge is 2.36. The molecule has 2 rings (SSSR count). The first-order valence-corrected chi connectivity index (χ1v) is 7.67. The number of rotatable bonds is 4. The molecule has 1 N–H and O–H groups in total. The van der Waals surface area contributed by atoms with E-state index in [4.69, 9.17) is 23.2 Å². The molecule has 4 nitrogen and oxygen atoms in total. The highest BCUT2D eigenvalue weighted by molar-refractivity contribution is 6.35. The third-order valence-electron chi connectivity index (χ3n) is 3.61. The third kappa shape index (κ3) is 3.69. The minimum absolute atomic E-state index is 0.0571. The zero-order valence-corrected chi connectivity index (χ0v) is 13.5. The Labute approximate surface area is 134 Å². The van der Waals surface area contributed by atoms with Crippen molar-refractivity contribution in [1.82, 2.24) is 10.2 Å². The molecule has 0 aromatic heterocycles. The van der Waals surface area contributed by atoms with Gasteiger partial charge in [-0.1, -0.05) is 43.1 Å². The molecule has 0 bridgehead atoms. The van der Waals surface area contributed by atoms with Crippen LogP contribution in [0, 0.1) is 5.92 Å². The number of carbonyl (C=O) groups is 2. The van der Waals surface area contributed by atoms with Gasteiger partial charge in [-0.2, -0.15) is 0 Å². The molecule has 0 saturated carbocycles. The van der Waals surface area contributed by atoms with E-state index in [2.05, 4.69) is 5.32 Å². The first kappa shape index (κ1) is 16.1. The van der Waals surface area contributed by atoms with Crippen LogP contribution >= 0.6 is 23.2 Å². The van der Waals surface area contributed by atoms with Crippen molar-refractivity contribution in [3.8, 4) is 0 Å². The molecule has 1 aromatic carbocycles. The van der Waals surface area contributed by atoms with E-state index in [1.165, 1.54) is 0 Å². The average molecular weight is 329 g/mol. The highest BCUT2D eigenvalue weighted by atomic mass is 35.5. The highest BCUT2D eigenvalue weighted by Crippen LogP contribution is 2.22. The number of amides is 2. The second-order valence-electron chi connectivity index (χ2n) is 5.48. The average Bonchev–Trinajstić information content (AvgIpc) is 2.40. The van der Waals surface area contributed by atoms with Gasteiger partial charge < -0.3 is 10.2 Å². The summed E-state index contributed by atoms with van der Waals surface area (Å²) in [4.78, 5) is 25.7. The van der Waals surface area contributed by atoms with Gasteiger partial charge in [0, 0.05) is 16.6 Å².